The van der Waals surface area contributed by atoms with E-state index < -0.39 is 18.1 Å². The number of amides is 2. The lowest BCUT2D eigenvalue weighted by molar-refractivity contribution is -0.146. The Kier molecular flexibility index (Phi) is 5.04. The smallest absolute Gasteiger partial charge is 0.334 e. The van der Waals surface area contributed by atoms with E-state index in [0.717, 1.165) is 12.3 Å². The number of hydrogen-bond donors (Lipinski definition) is 4. The van der Waals surface area contributed by atoms with Crippen LogP contribution in [0.4, 0.5) is 4.79 Å². The molecule has 1 rings (SSSR count). The van der Waals surface area contributed by atoms with E-state index in [-0.39, 0.29) is 6.54 Å². The van der Waals surface area contributed by atoms with Crippen LogP contribution in [0.5, 0.6) is 0 Å². The number of aliphatic carboxylic acids is 1. The molecule has 0 spiro atoms. The van der Waals surface area contributed by atoms with Crippen molar-refractivity contribution < 1.29 is 19.8 Å². The van der Waals surface area contributed by atoms with Crippen molar-refractivity contribution in [2.24, 2.45) is 5.92 Å². The van der Waals surface area contributed by atoms with Crippen molar-refractivity contribution in [2.75, 3.05) is 13.1 Å². The summed E-state index contributed by atoms with van der Waals surface area (Å²) in [6.07, 6.45) is 3.18. The Morgan fingerprint density at radius 1 is 1.31 bits per heavy atom. The molecule has 1 fully saturated rings. The molecule has 0 saturated heterocycles. The molecule has 6 heteroatoms. The molecule has 2 amide bonds. The Bertz CT molecular complexity index is 253. The molecule has 0 radical (unpaired) electrons. The first-order valence-electron chi connectivity index (χ1n) is 5.52. The number of nitrogens with one attached hydrogen (secondary N) is 2. The summed E-state index contributed by atoms with van der Waals surface area (Å²) in [5, 5.41) is 22.2. The summed E-state index contributed by atoms with van der Waals surface area (Å²) in [6, 6.07) is -0.431. The number of urea groups is 1. The first kappa shape index (κ1) is 12.8. The Labute approximate surface area is 94.0 Å². The lowest BCUT2D eigenvalue weighted by Gasteiger charge is -2.25. The van der Waals surface area contributed by atoms with Crippen molar-refractivity contribution in [1.82, 2.24) is 10.6 Å². The molecule has 1 aliphatic rings. The molecule has 0 unspecified atom stereocenters. The number of aliphatic hydroxyl groups excluding tert-OH is 1. The first-order valence-corrected chi connectivity index (χ1v) is 5.52. The van der Waals surface area contributed by atoms with E-state index in [1.54, 1.807) is 0 Å². The van der Waals surface area contributed by atoms with E-state index in [4.69, 9.17) is 10.2 Å². The minimum Gasteiger partial charge on any atom is -0.479 e. The van der Waals surface area contributed by atoms with E-state index in [9.17, 15) is 9.59 Å². The van der Waals surface area contributed by atoms with E-state index in [1.165, 1.54) is 19.3 Å². The normalized spacial score (nSPS) is 17.3. The van der Waals surface area contributed by atoms with Gasteiger partial charge in [0.15, 0.2) is 6.10 Å². The highest BCUT2D eigenvalue weighted by Gasteiger charge is 2.17. The molecule has 0 aromatic carbocycles. The van der Waals surface area contributed by atoms with E-state index in [2.05, 4.69) is 10.6 Å². The van der Waals surface area contributed by atoms with Gasteiger partial charge in [-0.15, -0.1) is 0 Å². The van der Waals surface area contributed by atoms with Gasteiger partial charge in [0.1, 0.15) is 0 Å². The molecule has 16 heavy (non-hydrogen) atoms. The third-order valence-electron chi connectivity index (χ3n) is 2.80. The van der Waals surface area contributed by atoms with Crippen LogP contribution in [0.25, 0.3) is 0 Å². The van der Waals surface area contributed by atoms with Gasteiger partial charge < -0.3 is 20.8 Å². The Hall–Kier alpha value is -1.30. The first-order chi connectivity index (χ1) is 7.59. The van der Waals surface area contributed by atoms with Gasteiger partial charge >= 0.3 is 12.0 Å². The summed E-state index contributed by atoms with van der Waals surface area (Å²) in [4.78, 5) is 21.4. The van der Waals surface area contributed by atoms with Gasteiger partial charge in [-0.3, -0.25) is 0 Å². The zero-order chi connectivity index (χ0) is 12.0. The van der Waals surface area contributed by atoms with Crippen molar-refractivity contribution >= 4 is 12.0 Å². The highest BCUT2D eigenvalue weighted by Crippen LogP contribution is 2.28. The van der Waals surface area contributed by atoms with Gasteiger partial charge in [-0.2, -0.15) is 0 Å². The molecule has 0 heterocycles. The number of carboxylic acid groups (broad SMARTS) is 1. The molecule has 0 aliphatic heterocycles. The minimum atomic E-state index is -1.54. The van der Waals surface area contributed by atoms with Gasteiger partial charge in [0, 0.05) is 6.54 Å². The maximum Gasteiger partial charge on any atom is 0.334 e. The van der Waals surface area contributed by atoms with Crippen LogP contribution in [0.2, 0.25) is 0 Å². The van der Waals surface area contributed by atoms with Crippen molar-refractivity contribution in [3.63, 3.8) is 0 Å². The van der Waals surface area contributed by atoms with Gasteiger partial charge in [0.25, 0.3) is 0 Å². The van der Waals surface area contributed by atoms with Gasteiger partial charge in [-0.25, -0.2) is 9.59 Å². The van der Waals surface area contributed by atoms with Crippen LogP contribution in [0.3, 0.4) is 0 Å². The van der Waals surface area contributed by atoms with Crippen molar-refractivity contribution in [1.29, 1.82) is 0 Å². The number of carboxylic acids is 1. The number of carbonyl (C=O) groups is 2. The standard InChI is InChI=1S/C10H18N2O4/c13-8(9(14)15)6-12-10(16)11-5-4-7-2-1-3-7/h7-8,13H,1-6H2,(H,14,15)(H2,11,12,16)/t8-/m0/s1. The van der Waals surface area contributed by atoms with E-state index in [0.29, 0.717) is 6.54 Å². The maximum atomic E-state index is 11.1. The van der Waals surface area contributed by atoms with Crippen molar-refractivity contribution in [3.8, 4) is 0 Å². The predicted octanol–water partition coefficient (Wildman–Crippen LogP) is -0.0787. The fourth-order valence-electron chi connectivity index (χ4n) is 1.51. The molecular weight excluding hydrogens is 212 g/mol. The number of hydrogen-bond acceptors (Lipinski definition) is 3. The summed E-state index contributed by atoms with van der Waals surface area (Å²) in [5.41, 5.74) is 0. The number of aliphatic hydroxyl groups is 1. The van der Waals surface area contributed by atoms with Crippen molar-refractivity contribution in [2.45, 2.75) is 31.8 Å². The van der Waals surface area contributed by atoms with Crippen LogP contribution < -0.4 is 10.6 Å². The molecular formula is C10H18N2O4. The highest BCUT2D eigenvalue weighted by molar-refractivity contribution is 5.76. The second-order valence-corrected chi connectivity index (χ2v) is 4.08. The average molecular weight is 230 g/mol. The van der Waals surface area contributed by atoms with Crippen LogP contribution in [-0.4, -0.2) is 41.4 Å². The van der Waals surface area contributed by atoms with E-state index in [1.807, 2.05) is 0 Å². The molecule has 92 valence electrons. The Morgan fingerprint density at radius 3 is 2.50 bits per heavy atom. The highest BCUT2D eigenvalue weighted by atomic mass is 16.4. The summed E-state index contributed by atoms with van der Waals surface area (Å²) in [5.74, 6) is -0.611. The topological polar surface area (TPSA) is 98.7 Å². The van der Waals surface area contributed by atoms with Gasteiger partial charge in [0.2, 0.25) is 0 Å². The van der Waals surface area contributed by atoms with E-state index >= 15 is 0 Å². The third-order valence-corrected chi connectivity index (χ3v) is 2.80. The quantitative estimate of drug-likeness (QED) is 0.513. The predicted molar refractivity (Wildman–Crippen MR) is 57.0 cm³/mol. The molecule has 4 N–H and O–H groups in total. The van der Waals surface area contributed by atoms with Gasteiger partial charge in [-0.1, -0.05) is 19.3 Å². The lowest BCUT2D eigenvalue weighted by atomic mass is 9.83. The Morgan fingerprint density at radius 2 is 2.00 bits per heavy atom. The molecule has 1 aliphatic carbocycles. The van der Waals surface area contributed by atoms with Crippen LogP contribution >= 0.6 is 0 Å². The van der Waals surface area contributed by atoms with Crippen LogP contribution in [0, 0.1) is 5.92 Å². The van der Waals surface area contributed by atoms with Crippen molar-refractivity contribution in [3.05, 3.63) is 0 Å². The molecule has 0 aromatic rings. The SMILES string of the molecule is O=C(NCCC1CCC1)NC[C@H](O)C(=O)O. The minimum absolute atomic E-state index is 0.273. The average Bonchev–Trinajstić information content (AvgIpc) is 2.17. The monoisotopic (exact) mass is 230 g/mol. The molecule has 0 aromatic heterocycles. The van der Waals surface area contributed by atoms with Gasteiger partial charge in [-0.05, 0) is 12.3 Å². The summed E-state index contributed by atoms with van der Waals surface area (Å²) < 4.78 is 0. The van der Waals surface area contributed by atoms with Crippen LogP contribution in [-0.2, 0) is 4.79 Å². The maximum absolute atomic E-state index is 11.1. The zero-order valence-corrected chi connectivity index (χ0v) is 9.11. The summed E-state index contributed by atoms with van der Waals surface area (Å²) >= 11 is 0. The molecule has 6 nitrogen and oxygen atoms in total. The number of carbonyl (C=O) groups excluding carboxylic acids is 1. The second kappa shape index (κ2) is 6.32. The number of rotatable bonds is 6. The van der Waals surface area contributed by atoms with Crippen LogP contribution in [0.1, 0.15) is 25.7 Å². The Balaban J connectivity index is 1.99. The van der Waals surface area contributed by atoms with Gasteiger partial charge in [0.05, 0.1) is 6.54 Å². The summed E-state index contributed by atoms with van der Waals surface area (Å²) in [7, 11) is 0. The molecule has 1 atom stereocenters. The largest absolute Gasteiger partial charge is 0.479 e. The summed E-state index contributed by atoms with van der Waals surface area (Å²) in [6.45, 7) is 0.324. The zero-order valence-electron chi connectivity index (χ0n) is 9.11. The second-order valence-electron chi connectivity index (χ2n) is 4.08. The lowest BCUT2D eigenvalue weighted by Crippen LogP contribution is -2.42. The third kappa shape index (κ3) is 4.48. The fourth-order valence-corrected chi connectivity index (χ4v) is 1.51. The molecule has 0 bridgehead atoms. The van der Waals surface area contributed by atoms with Crippen LogP contribution in [0.15, 0.2) is 0 Å². The molecule has 1 saturated carbocycles. The fraction of sp³-hybridized carbons (Fsp3) is 0.800.